The summed E-state index contributed by atoms with van der Waals surface area (Å²) < 4.78 is 5.42. The van der Waals surface area contributed by atoms with E-state index in [-0.39, 0.29) is 12.5 Å². The van der Waals surface area contributed by atoms with Gasteiger partial charge in [-0.3, -0.25) is 14.5 Å². The maximum Gasteiger partial charge on any atom is 0.326 e. The molecule has 0 aliphatic carbocycles. The Labute approximate surface area is 166 Å². The van der Waals surface area contributed by atoms with Gasteiger partial charge < -0.3 is 4.74 Å². The van der Waals surface area contributed by atoms with Gasteiger partial charge >= 0.3 is 5.97 Å². The highest BCUT2D eigenvalue weighted by Crippen LogP contribution is 2.26. The molecule has 144 valence electrons. The predicted molar refractivity (Wildman–Crippen MR) is 110 cm³/mol. The van der Waals surface area contributed by atoms with Gasteiger partial charge in [-0.2, -0.15) is 0 Å². The molecule has 0 atom stereocenters. The first-order valence-corrected chi connectivity index (χ1v) is 9.23. The normalized spacial score (nSPS) is 11.2. The SMILES string of the molecule is Cc1ccc(N(CC(=O)OC(C)(C)C)C(=O)c2c(C)cccc2C)cc1Cl. The van der Waals surface area contributed by atoms with Crippen LogP contribution < -0.4 is 4.90 Å². The number of carbonyl (C=O) groups excluding carboxylic acids is 2. The molecular formula is C22H26ClNO3. The lowest BCUT2D eigenvalue weighted by Crippen LogP contribution is -2.39. The van der Waals surface area contributed by atoms with E-state index < -0.39 is 11.6 Å². The number of rotatable bonds is 4. The molecule has 2 aromatic carbocycles. The monoisotopic (exact) mass is 387 g/mol. The van der Waals surface area contributed by atoms with Crippen LogP contribution in [0.5, 0.6) is 0 Å². The molecule has 27 heavy (non-hydrogen) atoms. The summed E-state index contributed by atoms with van der Waals surface area (Å²) in [6.45, 7) is 10.9. The van der Waals surface area contributed by atoms with Crippen LogP contribution >= 0.6 is 11.6 Å². The van der Waals surface area contributed by atoms with Crippen molar-refractivity contribution in [2.24, 2.45) is 0 Å². The fraction of sp³-hybridized carbons (Fsp3) is 0.364. The van der Waals surface area contributed by atoms with E-state index in [1.807, 2.05) is 45.0 Å². The third kappa shape index (κ3) is 5.33. The Morgan fingerprint density at radius 3 is 2.11 bits per heavy atom. The second kappa shape index (κ2) is 8.13. The average Bonchev–Trinajstić information content (AvgIpc) is 2.53. The van der Waals surface area contributed by atoms with Crippen molar-refractivity contribution < 1.29 is 14.3 Å². The van der Waals surface area contributed by atoms with Gasteiger partial charge in [0.05, 0.1) is 0 Å². The first-order chi connectivity index (χ1) is 12.5. The number of carbonyl (C=O) groups is 2. The van der Waals surface area contributed by atoms with Gasteiger partial charge in [-0.15, -0.1) is 0 Å². The van der Waals surface area contributed by atoms with Crippen molar-refractivity contribution in [3.05, 3.63) is 63.7 Å². The minimum atomic E-state index is -0.630. The van der Waals surface area contributed by atoms with Gasteiger partial charge in [0.25, 0.3) is 5.91 Å². The highest BCUT2D eigenvalue weighted by atomic mass is 35.5. The number of esters is 1. The van der Waals surface area contributed by atoms with Crippen LogP contribution in [0.4, 0.5) is 5.69 Å². The van der Waals surface area contributed by atoms with Gasteiger partial charge in [-0.05, 0) is 70.4 Å². The van der Waals surface area contributed by atoms with Crippen LogP contribution in [0.25, 0.3) is 0 Å². The molecule has 0 heterocycles. The zero-order valence-electron chi connectivity index (χ0n) is 16.7. The summed E-state index contributed by atoms with van der Waals surface area (Å²) in [4.78, 5) is 27.2. The van der Waals surface area contributed by atoms with E-state index in [1.54, 1.807) is 32.9 Å². The fourth-order valence-corrected chi connectivity index (χ4v) is 2.99. The summed E-state index contributed by atoms with van der Waals surface area (Å²) in [7, 11) is 0. The lowest BCUT2D eigenvalue weighted by Gasteiger charge is -2.26. The zero-order chi connectivity index (χ0) is 20.4. The van der Waals surface area contributed by atoms with Gasteiger partial charge in [0.15, 0.2) is 0 Å². The molecule has 4 nitrogen and oxygen atoms in total. The second-order valence-electron chi connectivity index (χ2n) is 7.68. The Hall–Kier alpha value is -2.33. The Balaban J connectivity index is 2.47. The highest BCUT2D eigenvalue weighted by Gasteiger charge is 2.26. The molecule has 0 saturated heterocycles. The van der Waals surface area contributed by atoms with Crippen LogP contribution in [-0.4, -0.2) is 24.0 Å². The summed E-state index contributed by atoms with van der Waals surface area (Å²) >= 11 is 6.26. The quantitative estimate of drug-likeness (QED) is 0.673. The average molecular weight is 388 g/mol. The number of anilines is 1. The van der Waals surface area contributed by atoms with E-state index in [0.717, 1.165) is 16.7 Å². The summed E-state index contributed by atoms with van der Waals surface area (Å²) in [6.07, 6.45) is 0. The Bertz CT molecular complexity index is 848. The van der Waals surface area contributed by atoms with Crippen molar-refractivity contribution in [3.8, 4) is 0 Å². The minimum Gasteiger partial charge on any atom is -0.459 e. The third-order valence-corrected chi connectivity index (χ3v) is 4.52. The summed E-state index contributed by atoms with van der Waals surface area (Å²) in [5, 5.41) is 0.538. The maximum atomic E-state index is 13.4. The topological polar surface area (TPSA) is 46.6 Å². The van der Waals surface area contributed by atoms with Crippen LogP contribution in [0, 0.1) is 20.8 Å². The lowest BCUT2D eigenvalue weighted by atomic mass is 10.0. The Morgan fingerprint density at radius 1 is 1.00 bits per heavy atom. The van der Waals surface area contributed by atoms with Crippen molar-refractivity contribution in [2.75, 3.05) is 11.4 Å². The van der Waals surface area contributed by atoms with Crippen LogP contribution in [0.1, 0.15) is 47.8 Å². The molecule has 2 aromatic rings. The molecule has 5 heteroatoms. The van der Waals surface area contributed by atoms with Crippen molar-refractivity contribution in [3.63, 3.8) is 0 Å². The summed E-state index contributed by atoms with van der Waals surface area (Å²) in [5.41, 5.74) is 3.12. The number of halogens is 1. The Kier molecular flexibility index (Phi) is 6.32. The molecule has 0 spiro atoms. The molecule has 0 unspecified atom stereocenters. The molecule has 2 rings (SSSR count). The molecule has 0 aliphatic heterocycles. The first kappa shape index (κ1) is 21.0. The largest absolute Gasteiger partial charge is 0.459 e. The van der Waals surface area contributed by atoms with Gasteiger partial charge in [-0.25, -0.2) is 0 Å². The third-order valence-electron chi connectivity index (χ3n) is 4.11. The zero-order valence-corrected chi connectivity index (χ0v) is 17.5. The lowest BCUT2D eigenvalue weighted by molar-refractivity contribution is -0.152. The van der Waals surface area contributed by atoms with Crippen molar-refractivity contribution in [1.82, 2.24) is 0 Å². The molecule has 0 aromatic heterocycles. The van der Waals surface area contributed by atoms with Gasteiger partial charge in [0.1, 0.15) is 12.1 Å². The van der Waals surface area contributed by atoms with Gasteiger partial charge in [-0.1, -0.05) is 35.9 Å². The molecule has 0 N–H and O–H groups in total. The van der Waals surface area contributed by atoms with Gasteiger partial charge in [0, 0.05) is 16.3 Å². The smallest absolute Gasteiger partial charge is 0.326 e. The molecule has 0 fully saturated rings. The summed E-state index contributed by atoms with van der Waals surface area (Å²) in [5.74, 6) is -0.727. The standard InChI is InChI=1S/C22H26ClNO3/c1-14-10-11-17(12-18(14)23)24(13-19(25)27-22(4,5)6)21(26)20-15(2)8-7-9-16(20)3/h7-12H,13H2,1-6H3. The van der Waals surface area contributed by atoms with Crippen molar-refractivity contribution in [1.29, 1.82) is 0 Å². The van der Waals surface area contributed by atoms with Crippen molar-refractivity contribution in [2.45, 2.75) is 47.1 Å². The molecule has 0 aliphatic rings. The van der Waals surface area contributed by atoms with Crippen LogP contribution in [0.2, 0.25) is 5.02 Å². The number of benzene rings is 2. The van der Waals surface area contributed by atoms with E-state index in [9.17, 15) is 9.59 Å². The second-order valence-corrected chi connectivity index (χ2v) is 8.09. The Morgan fingerprint density at radius 2 is 1.59 bits per heavy atom. The minimum absolute atomic E-state index is 0.191. The number of hydrogen-bond donors (Lipinski definition) is 0. The van der Waals surface area contributed by atoms with Crippen LogP contribution in [0.3, 0.4) is 0 Å². The predicted octanol–water partition coefficient (Wildman–Crippen LogP) is 5.25. The van der Waals surface area contributed by atoms with E-state index in [0.29, 0.717) is 16.3 Å². The summed E-state index contributed by atoms with van der Waals surface area (Å²) in [6, 6.07) is 11.0. The van der Waals surface area contributed by atoms with Crippen LogP contribution in [-0.2, 0) is 9.53 Å². The van der Waals surface area contributed by atoms with Crippen molar-refractivity contribution >= 4 is 29.2 Å². The van der Waals surface area contributed by atoms with E-state index >= 15 is 0 Å². The number of nitrogens with zero attached hydrogens (tertiary/aromatic N) is 1. The first-order valence-electron chi connectivity index (χ1n) is 8.85. The van der Waals surface area contributed by atoms with E-state index in [2.05, 4.69) is 0 Å². The molecule has 0 radical (unpaired) electrons. The van der Waals surface area contributed by atoms with Crippen LogP contribution in [0.15, 0.2) is 36.4 Å². The molecule has 1 amide bonds. The highest BCUT2D eigenvalue weighted by molar-refractivity contribution is 6.31. The van der Waals surface area contributed by atoms with Gasteiger partial charge in [0.2, 0.25) is 0 Å². The molecule has 0 bridgehead atoms. The fourth-order valence-electron chi connectivity index (χ4n) is 2.82. The number of aryl methyl sites for hydroxylation is 3. The molecule has 0 saturated carbocycles. The molecular weight excluding hydrogens is 362 g/mol. The number of amides is 1. The van der Waals surface area contributed by atoms with E-state index in [4.69, 9.17) is 16.3 Å². The van der Waals surface area contributed by atoms with E-state index in [1.165, 1.54) is 4.90 Å². The number of ether oxygens (including phenoxy) is 1. The number of hydrogen-bond acceptors (Lipinski definition) is 3. The maximum absolute atomic E-state index is 13.4.